The van der Waals surface area contributed by atoms with Crippen LogP contribution in [0.15, 0.2) is 24.4 Å². The van der Waals surface area contributed by atoms with Crippen molar-refractivity contribution in [3.05, 3.63) is 30.1 Å². The van der Waals surface area contributed by atoms with Crippen LogP contribution in [0.1, 0.15) is 5.69 Å². The topological polar surface area (TPSA) is 45.7 Å². The summed E-state index contributed by atoms with van der Waals surface area (Å²) in [7, 11) is 2.12. The van der Waals surface area contributed by atoms with Crippen molar-refractivity contribution in [2.24, 2.45) is 5.92 Å². The lowest BCUT2D eigenvalue weighted by Crippen LogP contribution is -2.46. The minimum Gasteiger partial charge on any atom is -0.379 e. The Hall–Kier alpha value is -1.46. The monoisotopic (exact) mass is 275 g/mol. The zero-order valence-corrected chi connectivity index (χ0v) is 11.9. The number of rotatable bonds is 2. The quantitative estimate of drug-likeness (QED) is 0.784. The molecule has 2 aliphatic heterocycles. The fraction of sp³-hybridized carbons (Fsp3) is 0.600. The maximum atomic E-state index is 12.6. The maximum Gasteiger partial charge on any atom is 0.228 e. The smallest absolute Gasteiger partial charge is 0.228 e. The molecule has 2 bridgehead atoms. The Balaban J connectivity index is 1.73. The summed E-state index contributed by atoms with van der Waals surface area (Å²) in [5, 5.41) is 0. The van der Waals surface area contributed by atoms with Gasteiger partial charge >= 0.3 is 0 Å². The van der Waals surface area contributed by atoms with E-state index in [0.717, 1.165) is 31.9 Å². The second-order valence-electron chi connectivity index (χ2n) is 5.82. The number of amides is 1. The van der Waals surface area contributed by atoms with Gasteiger partial charge in [0, 0.05) is 37.4 Å². The van der Waals surface area contributed by atoms with Crippen molar-refractivity contribution in [1.82, 2.24) is 14.8 Å². The van der Waals surface area contributed by atoms with Crippen LogP contribution in [0.3, 0.4) is 0 Å². The first-order valence-electron chi connectivity index (χ1n) is 7.18. The molecule has 2 atom stereocenters. The van der Waals surface area contributed by atoms with Crippen molar-refractivity contribution < 1.29 is 9.53 Å². The largest absolute Gasteiger partial charge is 0.379 e. The molecule has 5 nitrogen and oxygen atoms in total. The third kappa shape index (κ3) is 2.99. The van der Waals surface area contributed by atoms with Crippen LogP contribution in [0, 0.1) is 5.92 Å². The standard InChI is InChI=1S/C15H21N3O2/c1-17-7-12-8-18(14(9-17)11-20-10-12)15(19)6-13-4-2-3-5-16-13/h2-5,12,14H,6-11H2,1H3/t12-,14-/m0/s1. The van der Waals surface area contributed by atoms with E-state index in [9.17, 15) is 4.79 Å². The molecular weight excluding hydrogens is 254 g/mol. The number of hydrogen-bond acceptors (Lipinski definition) is 4. The Morgan fingerprint density at radius 3 is 3.05 bits per heavy atom. The fourth-order valence-electron chi connectivity index (χ4n) is 3.14. The summed E-state index contributed by atoms with van der Waals surface area (Å²) < 4.78 is 5.70. The average Bonchev–Trinajstić information content (AvgIpc) is 2.70. The van der Waals surface area contributed by atoms with E-state index in [0.29, 0.717) is 18.9 Å². The normalized spacial score (nSPS) is 27.1. The first kappa shape index (κ1) is 13.5. The Kier molecular flexibility index (Phi) is 3.98. The highest BCUT2D eigenvalue weighted by atomic mass is 16.5. The van der Waals surface area contributed by atoms with Crippen LogP contribution in [0.5, 0.6) is 0 Å². The third-order valence-corrected chi connectivity index (χ3v) is 4.03. The van der Waals surface area contributed by atoms with Gasteiger partial charge in [0.1, 0.15) is 0 Å². The van der Waals surface area contributed by atoms with Crippen LogP contribution in [0.2, 0.25) is 0 Å². The molecule has 2 saturated heterocycles. The van der Waals surface area contributed by atoms with Crippen molar-refractivity contribution in [3.8, 4) is 0 Å². The van der Waals surface area contributed by atoms with Crippen molar-refractivity contribution >= 4 is 5.91 Å². The minimum atomic E-state index is 0.166. The van der Waals surface area contributed by atoms with Gasteiger partial charge in [0.25, 0.3) is 0 Å². The van der Waals surface area contributed by atoms with Gasteiger partial charge in [0.15, 0.2) is 0 Å². The zero-order valence-electron chi connectivity index (χ0n) is 11.9. The van der Waals surface area contributed by atoms with E-state index in [1.165, 1.54) is 0 Å². The molecule has 0 N–H and O–H groups in total. The van der Waals surface area contributed by atoms with Crippen LogP contribution in [0.4, 0.5) is 0 Å². The molecule has 20 heavy (non-hydrogen) atoms. The van der Waals surface area contributed by atoms with E-state index in [1.807, 2.05) is 23.1 Å². The van der Waals surface area contributed by atoms with Gasteiger partial charge in [0.05, 0.1) is 25.7 Å². The predicted octanol–water partition coefficient (Wildman–Crippen LogP) is 0.413. The molecule has 0 saturated carbocycles. The summed E-state index contributed by atoms with van der Waals surface area (Å²) in [6, 6.07) is 5.87. The fourth-order valence-corrected chi connectivity index (χ4v) is 3.14. The minimum absolute atomic E-state index is 0.166. The van der Waals surface area contributed by atoms with Gasteiger partial charge < -0.3 is 14.5 Å². The molecule has 3 heterocycles. The first-order chi connectivity index (χ1) is 9.72. The highest BCUT2D eigenvalue weighted by Crippen LogP contribution is 2.19. The zero-order chi connectivity index (χ0) is 13.9. The molecule has 0 spiro atoms. The predicted molar refractivity (Wildman–Crippen MR) is 75.2 cm³/mol. The van der Waals surface area contributed by atoms with Crippen molar-refractivity contribution in [2.45, 2.75) is 12.5 Å². The molecule has 3 rings (SSSR count). The summed E-state index contributed by atoms with van der Waals surface area (Å²) >= 11 is 0. The summed E-state index contributed by atoms with van der Waals surface area (Å²) in [6.07, 6.45) is 2.12. The summed E-state index contributed by atoms with van der Waals surface area (Å²) in [5.74, 6) is 0.583. The number of fused-ring (bicyclic) bond motifs is 3. The van der Waals surface area contributed by atoms with Crippen molar-refractivity contribution in [1.29, 1.82) is 0 Å². The molecule has 0 unspecified atom stereocenters. The molecule has 1 aromatic heterocycles. The molecular formula is C15H21N3O2. The van der Waals surface area contributed by atoms with E-state index >= 15 is 0 Å². The van der Waals surface area contributed by atoms with Crippen molar-refractivity contribution in [3.63, 3.8) is 0 Å². The lowest BCUT2D eigenvalue weighted by atomic mass is 10.1. The second kappa shape index (κ2) is 5.89. The molecule has 1 amide bonds. The Morgan fingerprint density at radius 2 is 2.25 bits per heavy atom. The van der Waals surface area contributed by atoms with E-state index in [4.69, 9.17) is 4.74 Å². The Morgan fingerprint density at radius 1 is 1.35 bits per heavy atom. The Bertz CT molecular complexity index is 465. The molecule has 2 fully saturated rings. The maximum absolute atomic E-state index is 12.6. The van der Waals surface area contributed by atoms with Gasteiger partial charge in [-0.05, 0) is 19.2 Å². The average molecular weight is 275 g/mol. The number of aromatic nitrogens is 1. The van der Waals surface area contributed by atoms with Gasteiger partial charge in [-0.1, -0.05) is 6.07 Å². The summed E-state index contributed by atoms with van der Waals surface area (Å²) in [4.78, 5) is 21.2. The van der Waals surface area contributed by atoms with E-state index in [2.05, 4.69) is 16.9 Å². The number of nitrogens with zero attached hydrogens (tertiary/aromatic N) is 3. The molecule has 0 aromatic carbocycles. The van der Waals surface area contributed by atoms with Gasteiger partial charge in [-0.3, -0.25) is 9.78 Å². The highest BCUT2D eigenvalue weighted by Gasteiger charge is 2.34. The van der Waals surface area contributed by atoms with Gasteiger partial charge in [-0.15, -0.1) is 0 Å². The van der Waals surface area contributed by atoms with Crippen LogP contribution in [0.25, 0.3) is 0 Å². The molecule has 0 radical (unpaired) electrons. The number of likely N-dealkylation sites (N-methyl/N-ethyl adjacent to an activating group) is 1. The lowest BCUT2D eigenvalue weighted by Gasteiger charge is -2.29. The van der Waals surface area contributed by atoms with Crippen LogP contribution < -0.4 is 0 Å². The Labute approximate surface area is 119 Å². The molecule has 1 aromatic rings. The van der Waals surface area contributed by atoms with Gasteiger partial charge in [0.2, 0.25) is 5.91 Å². The van der Waals surface area contributed by atoms with Crippen LogP contribution in [-0.4, -0.2) is 66.6 Å². The number of ether oxygens (including phenoxy) is 1. The third-order valence-electron chi connectivity index (χ3n) is 4.03. The number of carbonyl (C=O) groups excluding carboxylic acids is 1. The number of hydrogen-bond donors (Lipinski definition) is 0. The molecule has 5 heteroatoms. The first-order valence-corrected chi connectivity index (χ1v) is 7.18. The van der Waals surface area contributed by atoms with Gasteiger partial charge in [-0.25, -0.2) is 0 Å². The summed E-state index contributed by atoms with van der Waals surface area (Å²) in [5.41, 5.74) is 0.838. The van der Waals surface area contributed by atoms with Gasteiger partial charge in [-0.2, -0.15) is 0 Å². The number of carbonyl (C=O) groups is 1. The van der Waals surface area contributed by atoms with Crippen molar-refractivity contribution in [2.75, 3.05) is 39.9 Å². The van der Waals surface area contributed by atoms with E-state index < -0.39 is 0 Å². The molecule has 2 aliphatic rings. The molecule has 0 aliphatic carbocycles. The van der Waals surface area contributed by atoms with E-state index in [-0.39, 0.29) is 11.9 Å². The summed E-state index contributed by atoms with van der Waals surface area (Å²) in [6.45, 7) is 4.11. The van der Waals surface area contributed by atoms with Crippen LogP contribution >= 0.6 is 0 Å². The number of pyridine rings is 1. The van der Waals surface area contributed by atoms with Crippen LogP contribution in [-0.2, 0) is 16.0 Å². The SMILES string of the molecule is CN1C[C@@H]2COC[C@H](C1)N(C(=O)Cc1ccccn1)C2. The lowest BCUT2D eigenvalue weighted by molar-refractivity contribution is -0.133. The molecule has 108 valence electrons. The second-order valence-corrected chi connectivity index (χ2v) is 5.82. The van der Waals surface area contributed by atoms with E-state index in [1.54, 1.807) is 6.20 Å². The highest BCUT2D eigenvalue weighted by molar-refractivity contribution is 5.78.